The lowest BCUT2D eigenvalue weighted by atomic mass is 10.2. The molecule has 2 amide bonds. The number of hydrogen-bond donors (Lipinski definition) is 1. The molecule has 6 heteroatoms. The molecule has 1 N–H and O–H groups in total. The van der Waals surface area contributed by atoms with Crippen LogP contribution in [0.3, 0.4) is 0 Å². The summed E-state index contributed by atoms with van der Waals surface area (Å²) in [6.45, 7) is 8.11. The van der Waals surface area contributed by atoms with Gasteiger partial charge in [-0.2, -0.15) is 0 Å². The molecule has 1 aliphatic heterocycles. The average Bonchev–Trinajstić information content (AvgIpc) is 2.93. The molecule has 0 saturated carbocycles. The van der Waals surface area contributed by atoms with Crippen molar-refractivity contribution < 1.29 is 9.00 Å². The summed E-state index contributed by atoms with van der Waals surface area (Å²) < 4.78 is 13.9. The predicted molar refractivity (Wildman–Crippen MR) is 99.9 cm³/mol. The summed E-state index contributed by atoms with van der Waals surface area (Å²) in [6.07, 6.45) is 3.18. The van der Waals surface area contributed by atoms with Crippen molar-refractivity contribution in [2.24, 2.45) is 0 Å². The number of aryl methyl sites for hydroxylation is 1. The molecule has 2 aromatic rings. The van der Waals surface area contributed by atoms with Crippen LogP contribution in [-0.2, 0) is 17.3 Å². The predicted octanol–water partition coefficient (Wildman–Crippen LogP) is 3.43. The van der Waals surface area contributed by atoms with E-state index in [0.717, 1.165) is 24.0 Å². The Morgan fingerprint density at radius 3 is 2.83 bits per heavy atom. The highest BCUT2D eigenvalue weighted by Gasteiger charge is 2.35. The molecule has 5 nitrogen and oxygen atoms in total. The highest BCUT2D eigenvalue weighted by Crippen LogP contribution is 2.23. The Morgan fingerprint density at radius 2 is 2.12 bits per heavy atom. The molecule has 130 valence electrons. The van der Waals surface area contributed by atoms with E-state index < -0.39 is 10.8 Å². The molecule has 1 aromatic heterocycles. The monoisotopic (exact) mass is 347 g/mol. The topological polar surface area (TPSA) is 54.3 Å². The zero-order chi connectivity index (χ0) is 17.3. The SMILES string of the molecule is CCCn1ccc2cc(NC(=O)N3CCS(=O)C(C)(C)C3)ccc21. The molecule has 24 heavy (non-hydrogen) atoms. The first-order chi connectivity index (χ1) is 11.4. The van der Waals surface area contributed by atoms with Gasteiger partial charge < -0.3 is 14.8 Å². The van der Waals surface area contributed by atoms with Gasteiger partial charge in [-0.3, -0.25) is 4.21 Å². The van der Waals surface area contributed by atoms with Crippen molar-refractivity contribution in [3.8, 4) is 0 Å². The van der Waals surface area contributed by atoms with Crippen molar-refractivity contribution in [3.63, 3.8) is 0 Å². The largest absolute Gasteiger partial charge is 0.347 e. The molecule has 0 spiro atoms. The molecular weight excluding hydrogens is 322 g/mol. The molecule has 1 atom stereocenters. The van der Waals surface area contributed by atoms with E-state index in [9.17, 15) is 9.00 Å². The van der Waals surface area contributed by atoms with E-state index in [1.807, 2.05) is 26.0 Å². The summed E-state index contributed by atoms with van der Waals surface area (Å²) >= 11 is 0. The van der Waals surface area contributed by atoms with Crippen LogP contribution in [0.15, 0.2) is 30.5 Å². The number of fused-ring (bicyclic) bond motifs is 1. The van der Waals surface area contributed by atoms with E-state index in [-0.39, 0.29) is 10.8 Å². The number of nitrogens with zero attached hydrogens (tertiary/aromatic N) is 2. The second-order valence-electron chi connectivity index (χ2n) is 6.94. The van der Waals surface area contributed by atoms with Crippen LogP contribution in [0, 0.1) is 0 Å². The molecule has 1 aliphatic rings. The molecule has 1 fully saturated rings. The van der Waals surface area contributed by atoms with E-state index >= 15 is 0 Å². The van der Waals surface area contributed by atoms with Crippen LogP contribution in [0.2, 0.25) is 0 Å². The Hall–Kier alpha value is -1.82. The smallest absolute Gasteiger partial charge is 0.321 e. The Bertz CT molecular complexity index is 782. The number of carbonyl (C=O) groups is 1. The third kappa shape index (κ3) is 3.34. The van der Waals surface area contributed by atoms with Crippen LogP contribution < -0.4 is 5.32 Å². The fourth-order valence-corrected chi connectivity index (χ4v) is 4.41. The minimum absolute atomic E-state index is 0.118. The van der Waals surface area contributed by atoms with Gasteiger partial charge in [0.15, 0.2) is 0 Å². The summed E-state index contributed by atoms with van der Waals surface area (Å²) in [4.78, 5) is 14.3. The summed E-state index contributed by atoms with van der Waals surface area (Å²) in [5.74, 6) is 0.541. The van der Waals surface area contributed by atoms with E-state index in [1.165, 1.54) is 5.52 Å². The van der Waals surface area contributed by atoms with Crippen LogP contribution >= 0.6 is 0 Å². The van der Waals surface area contributed by atoms with E-state index in [2.05, 4.69) is 35.1 Å². The van der Waals surface area contributed by atoms with Crippen molar-refractivity contribution in [3.05, 3.63) is 30.5 Å². The molecule has 3 rings (SSSR count). The Kier molecular flexibility index (Phi) is 4.67. The van der Waals surface area contributed by atoms with Gasteiger partial charge in [-0.15, -0.1) is 0 Å². The van der Waals surface area contributed by atoms with Gasteiger partial charge in [-0.05, 0) is 44.5 Å². The molecular formula is C18H25N3O2S. The Balaban J connectivity index is 1.72. The number of anilines is 1. The van der Waals surface area contributed by atoms with Crippen molar-refractivity contribution in [1.82, 2.24) is 9.47 Å². The van der Waals surface area contributed by atoms with Gasteiger partial charge in [0.2, 0.25) is 0 Å². The Morgan fingerprint density at radius 1 is 1.33 bits per heavy atom. The number of rotatable bonds is 3. The fraction of sp³-hybridized carbons (Fsp3) is 0.500. The van der Waals surface area contributed by atoms with Gasteiger partial charge in [0.05, 0.1) is 4.75 Å². The number of carbonyl (C=O) groups excluding carboxylic acids is 1. The quantitative estimate of drug-likeness (QED) is 0.925. The maximum absolute atomic E-state index is 12.5. The maximum atomic E-state index is 12.5. The minimum Gasteiger partial charge on any atom is -0.347 e. The molecule has 1 aromatic carbocycles. The zero-order valence-electron chi connectivity index (χ0n) is 14.5. The highest BCUT2D eigenvalue weighted by molar-refractivity contribution is 7.86. The number of aromatic nitrogens is 1. The van der Waals surface area contributed by atoms with Crippen LogP contribution in [0.1, 0.15) is 27.2 Å². The van der Waals surface area contributed by atoms with Gasteiger partial charge in [0.1, 0.15) is 0 Å². The normalized spacial score (nSPS) is 20.3. The maximum Gasteiger partial charge on any atom is 0.321 e. The van der Waals surface area contributed by atoms with E-state index in [1.54, 1.807) is 4.90 Å². The third-order valence-electron chi connectivity index (χ3n) is 4.51. The zero-order valence-corrected chi connectivity index (χ0v) is 15.4. The second-order valence-corrected chi connectivity index (χ2v) is 9.15. The van der Waals surface area contributed by atoms with Crippen LogP contribution in [0.25, 0.3) is 10.9 Å². The number of nitrogens with one attached hydrogen (secondary N) is 1. The summed E-state index contributed by atoms with van der Waals surface area (Å²) in [6, 6.07) is 7.96. The van der Waals surface area contributed by atoms with Crippen LogP contribution in [0.4, 0.5) is 10.5 Å². The van der Waals surface area contributed by atoms with Gasteiger partial charge in [0, 0.05) is 59.0 Å². The van der Waals surface area contributed by atoms with E-state index in [0.29, 0.717) is 18.8 Å². The molecule has 1 unspecified atom stereocenters. The number of urea groups is 1. The second kappa shape index (κ2) is 6.59. The molecule has 0 bridgehead atoms. The highest BCUT2D eigenvalue weighted by atomic mass is 32.2. The van der Waals surface area contributed by atoms with Crippen molar-refractivity contribution >= 4 is 33.4 Å². The Labute approximate surface area is 145 Å². The number of amides is 2. The van der Waals surface area contributed by atoms with Gasteiger partial charge >= 0.3 is 6.03 Å². The number of hydrogen-bond acceptors (Lipinski definition) is 2. The van der Waals surface area contributed by atoms with Crippen molar-refractivity contribution in [1.29, 1.82) is 0 Å². The standard InChI is InChI=1S/C18H25N3O2S/c1-4-8-20-9-7-14-12-15(5-6-16(14)20)19-17(22)21-10-11-24(23)18(2,3)13-21/h5-7,9,12H,4,8,10-11,13H2,1-3H3,(H,19,22). The van der Waals surface area contributed by atoms with E-state index in [4.69, 9.17) is 0 Å². The fourth-order valence-electron chi connectivity index (χ4n) is 3.17. The summed E-state index contributed by atoms with van der Waals surface area (Å²) in [7, 11) is -0.877. The van der Waals surface area contributed by atoms with Crippen LogP contribution in [-0.4, -0.2) is 43.3 Å². The first-order valence-corrected chi connectivity index (χ1v) is 9.76. The first-order valence-electron chi connectivity index (χ1n) is 8.44. The van der Waals surface area contributed by atoms with Crippen molar-refractivity contribution in [2.45, 2.75) is 38.5 Å². The minimum atomic E-state index is -0.877. The summed E-state index contributed by atoms with van der Waals surface area (Å²) in [5.41, 5.74) is 1.98. The lowest BCUT2D eigenvalue weighted by Crippen LogP contribution is -2.53. The van der Waals surface area contributed by atoms with Crippen molar-refractivity contribution in [2.75, 3.05) is 24.2 Å². The number of benzene rings is 1. The molecule has 0 radical (unpaired) electrons. The molecule has 0 aliphatic carbocycles. The lowest BCUT2D eigenvalue weighted by molar-refractivity contribution is 0.207. The summed E-state index contributed by atoms with van der Waals surface area (Å²) in [5, 5.41) is 4.10. The molecule has 1 saturated heterocycles. The average molecular weight is 347 g/mol. The van der Waals surface area contributed by atoms with Gasteiger partial charge in [0.25, 0.3) is 0 Å². The molecule has 2 heterocycles. The third-order valence-corrected chi connectivity index (χ3v) is 6.42. The van der Waals surface area contributed by atoms with Gasteiger partial charge in [-0.25, -0.2) is 4.79 Å². The van der Waals surface area contributed by atoms with Gasteiger partial charge in [-0.1, -0.05) is 6.92 Å². The lowest BCUT2D eigenvalue weighted by Gasteiger charge is -2.37. The first kappa shape index (κ1) is 17.0. The van der Waals surface area contributed by atoms with Crippen LogP contribution in [0.5, 0.6) is 0 Å².